The molecule has 12 N–H and O–H groups in total. The van der Waals surface area contributed by atoms with Gasteiger partial charge in [0.2, 0.25) is 29.5 Å². The molecule has 0 radical (unpaired) electrons. The predicted octanol–water partition coefficient (Wildman–Crippen LogP) is -5.19. The molecule has 40 heavy (non-hydrogen) atoms. The average molecular weight is 574 g/mol. The van der Waals surface area contributed by atoms with E-state index in [1.54, 1.807) is 0 Å². The maximum absolute atomic E-state index is 13.0. The molecule has 18 heteroatoms. The fourth-order valence-electron chi connectivity index (χ4n) is 3.13. The molecule has 0 rings (SSSR count). The Kier molecular flexibility index (Phi) is 22.3. The second-order valence-electron chi connectivity index (χ2n) is 8.42. The highest BCUT2D eigenvalue weighted by atomic mass is 16.5. The molecular weight excluding hydrogens is 528 g/mol. The second-order valence-corrected chi connectivity index (χ2v) is 8.42. The minimum atomic E-state index is -1.29. The van der Waals surface area contributed by atoms with E-state index in [-0.39, 0.29) is 45.7 Å². The van der Waals surface area contributed by atoms with E-state index >= 15 is 0 Å². The van der Waals surface area contributed by atoms with Gasteiger partial charge in [0, 0.05) is 70.7 Å². The van der Waals surface area contributed by atoms with Crippen LogP contribution in [0.5, 0.6) is 0 Å². The summed E-state index contributed by atoms with van der Waals surface area (Å²) in [5.41, 5.74) is 17.4. The molecular formula is C22H45N12O6+. The van der Waals surface area contributed by atoms with E-state index in [1.807, 2.05) is 0 Å². The van der Waals surface area contributed by atoms with Gasteiger partial charge in [0.15, 0.2) is 0 Å². The number of rotatable bonds is 24. The summed E-state index contributed by atoms with van der Waals surface area (Å²) in [5, 5.41) is 22.1. The summed E-state index contributed by atoms with van der Waals surface area (Å²) in [5.74, 6) is -2.99. The number of carbonyl (C=O) groups excluding carboxylic acids is 5. The number of hydrogen-bond acceptors (Lipinski definition) is 10. The van der Waals surface area contributed by atoms with Crippen LogP contribution in [0.4, 0.5) is 0 Å². The van der Waals surface area contributed by atoms with Crippen molar-refractivity contribution < 1.29 is 34.4 Å². The summed E-state index contributed by atoms with van der Waals surface area (Å²) in [6.45, 7) is 5.61. The number of nitrogens with one attached hydrogen (secondary N) is 7. The van der Waals surface area contributed by atoms with Gasteiger partial charge in [0.05, 0.1) is 32.6 Å². The van der Waals surface area contributed by atoms with Crippen LogP contribution in [-0.2, 0) is 28.7 Å². The third kappa shape index (κ3) is 20.4. The monoisotopic (exact) mass is 573 g/mol. The summed E-state index contributed by atoms with van der Waals surface area (Å²) < 4.78 is 5.23. The summed E-state index contributed by atoms with van der Waals surface area (Å²) in [7, 11) is 0. The molecule has 0 aliphatic heterocycles. The number of amides is 5. The lowest BCUT2D eigenvalue weighted by molar-refractivity contribution is -0.365. The van der Waals surface area contributed by atoms with Crippen LogP contribution in [0, 0.1) is 0 Å². The molecule has 0 spiro atoms. The van der Waals surface area contributed by atoms with Gasteiger partial charge >= 0.3 is 0 Å². The van der Waals surface area contributed by atoms with Crippen LogP contribution in [0.1, 0.15) is 19.8 Å². The molecule has 228 valence electrons. The first kappa shape index (κ1) is 36.5. The zero-order valence-corrected chi connectivity index (χ0v) is 23.1. The molecule has 0 aromatic heterocycles. The minimum Gasteiger partial charge on any atom is -0.379 e. The molecule has 0 heterocycles. The Balaban J connectivity index is 5.16. The van der Waals surface area contributed by atoms with Crippen molar-refractivity contribution in [3.8, 4) is 0 Å². The van der Waals surface area contributed by atoms with Crippen molar-refractivity contribution >= 4 is 29.5 Å². The van der Waals surface area contributed by atoms with Crippen LogP contribution >= 0.6 is 0 Å². The Morgan fingerprint density at radius 3 is 1.98 bits per heavy atom. The third-order valence-electron chi connectivity index (χ3n) is 4.97. The van der Waals surface area contributed by atoms with Gasteiger partial charge in [0.1, 0.15) is 12.1 Å². The van der Waals surface area contributed by atoms with Gasteiger partial charge in [-0.25, -0.2) is 0 Å². The lowest BCUT2D eigenvalue weighted by Crippen LogP contribution is -2.56. The Labute approximate surface area is 233 Å². The van der Waals surface area contributed by atoms with Crippen molar-refractivity contribution in [1.29, 1.82) is 0 Å². The van der Waals surface area contributed by atoms with Crippen LogP contribution in [-0.4, -0.2) is 120 Å². The standard InChI is InChI=1S/C22H44N12O6/c1-16(35)32-18(15-20(37)29-9-7-27-5-3-24)22(39)33-17(14-19(36)28-8-6-26-4-2-23)21(38)30-10-12-40-13-11-31-34-25/h17-18,26-27H,2-15,23-24H2,1H3,(H,28,36)(H,29,37)(H,30,38)(H,32,35)(H,33,39)/p+1/t17-,18+/m0/s1. The zero-order valence-electron chi connectivity index (χ0n) is 23.1. The molecule has 0 aromatic carbocycles. The molecule has 0 aromatic rings. The number of hydrogen-bond donors (Lipinski definition) is 9. The highest BCUT2D eigenvalue weighted by Crippen LogP contribution is 1.99. The SMILES string of the molecule is CC(=O)N[C@H](CC(=O)NCCNCC[NH3+])C(=O)N[C@@H](CC(=O)NCCNCCN)C(=O)NCCOCCN=[N+]=[N-]. The Morgan fingerprint density at radius 2 is 1.43 bits per heavy atom. The van der Waals surface area contributed by atoms with Crippen molar-refractivity contribution in [2.45, 2.75) is 31.8 Å². The first-order valence-corrected chi connectivity index (χ1v) is 13.1. The summed E-state index contributed by atoms with van der Waals surface area (Å²) in [6.07, 6.45) is -0.754. The first-order valence-electron chi connectivity index (χ1n) is 13.1. The lowest BCUT2D eigenvalue weighted by Gasteiger charge is -2.22. The van der Waals surface area contributed by atoms with Gasteiger partial charge in [-0.1, -0.05) is 5.11 Å². The summed E-state index contributed by atoms with van der Waals surface area (Å²) in [6, 6.07) is -2.56. The van der Waals surface area contributed by atoms with Gasteiger partial charge < -0.3 is 53.4 Å². The van der Waals surface area contributed by atoms with Crippen LogP contribution in [0.15, 0.2) is 5.11 Å². The van der Waals surface area contributed by atoms with E-state index in [0.717, 1.165) is 0 Å². The fourth-order valence-corrected chi connectivity index (χ4v) is 3.13. The quantitative estimate of drug-likeness (QED) is 0.0230. The van der Waals surface area contributed by atoms with E-state index in [4.69, 9.17) is 16.0 Å². The molecule has 0 unspecified atom stereocenters. The van der Waals surface area contributed by atoms with Crippen LogP contribution in [0.3, 0.4) is 0 Å². The zero-order chi connectivity index (χ0) is 30.0. The lowest BCUT2D eigenvalue weighted by atomic mass is 10.1. The van der Waals surface area contributed by atoms with Crippen LogP contribution in [0.25, 0.3) is 10.4 Å². The average Bonchev–Trinajstić information content (AvgIpc) is 2.91. The molecule has 0 bridgehead atoms. The molecule has 2 atom stereocenters. The van der Waals surface area contributed by atoms with Gasteiger partial charge in [0.25, 0.3) is 0 Å². The van der Waals surface area contributed by atoms with Crippen molar-refractivity contribution in [3.05, 3.63) is 10.4 Å². The van der Waals surface area contributed by atoms with Gasteiger partial charge in [-0.15, -0.1) is 0 Å². The molecule has 18 nitrogen and oxygen atoms in total. The Bertz CT molecular complexity index is 824. The molecule has 0 saturated carbocycles. The molecule has 0 aliphatic carbocycles. The summed E-state index contributed by atoms with van der Waals surface area (Å²) >= 11 is 0. The maximum atomic E-state index is 13.0. The molecule has 5 amide bonds. The van der Waals surface area contributed by atoms with Gasteiger partial charge in [-0.2, -0.15) is 0 Å². The van der Waals surface area contributed by atoms with E-state index in [0.29, 0.717) is 45.8 Å². The van der Waals surface area contributed by atoms with Crippen LogP contribution < -0.4 is 48.7 Å². The van der Waals surface area contributed by atoms with Crippen molar-refractivity contribution in [3.63, 3.8) is 0 Å². The van der Waals surface area contributed by atoms with E-state index in [2.05, 4.69) is 53.0 Å². The van der Waals surface area contributed by atoms with Crippen LogP contribution in [0.2, 0.25) is 0 Å². The number of nitrogens with zero attached hydrogens (tertiary/aromatic N) is 3. The van der Waals surface area contributed by atoms with E-state index < -0.39 is 41.6 Å². The minimum absolute atomic E-state index is 0.0613. The maximum Gasteiger partial charge on any atom is 0.243 e. The number of quaternary nitrogens is 1. The molecule has 0 saturated heterocycles. The van der Waals surface area contributed by atoms with Crippen molar-refractivity contribution in [2.24, 2.45) is 10.8 Å². The van der Waals surface area contributed by atoms with Crippen molar-refractivity contribution in [1.82, 2.24) is 37.2 Å². The third-order valence-corrected chi connectivity index (χ3v) is 4.97. The summed E-state index contributed by atoms with van der Waals surface area (Å²) in [4.78, 5) is 65.0. The normalized spacial score (nSPS) is 11.9. The highest BCUT2D eigenvalue weighted by molar-refractivity contribution is 5.96. The largest absolute Gasteiger partial charge is 0.379 e. The topological polar surface area (TPSA) is 281 Å². The van der Waals surface area contributed by atoms with E-state index in [9.17, 15) is 24.0 Å². The first-order chi connectivity index (χ1) is 19.2. The molecule has 0 aliphatic rings. The number of azide groups is 1. The van der Waals surface area contributed by atoms with Gasteiger partial charge in [-0.05, 0) is 5.53 Å². The fraction of sp³-hybridized carbons (Fsp3) is 0.773. The Morgan fingerprint density at radius 1 is 0.825 bits per heavy atom. The van der Waals surface area contributed by atoms with Crippen molar-refractivity contribution in [2.75, 3.05) is 78.7 Å². The second kappa shape index (κ2) is 24.5. The Hall–Kier alpha value is -3.54. The van der Waals surface area contributed by atoms with E-state index in [1.165, 1.54) is 6.92 Å². The number of carbonyl (C=O) groups is 5. The predicted molar refractivity (Wildman–Crippen MR) is 145 cm³/mol. The number of nitrogens with two attached hydrogens (primary N) is 1. The number of ether oxygens (including phenoxy) is 1. The highest BCUT2D eigenvalue weighted by Gasteiger charge is 2.29. The smallest absolute Gasteiger partial charge is 0.243 e. The molecule has 0 fully saturated rings. The van der Waals surface area contributed by atoms with Gasteiger partial charge in [-0.3, -0.25) is 24.0 Å².